The van der Waals surface area contributed by atoms with Crippen molar-refractivity contribution in [3.63, 3.8) is 0 Å². The Kier molecular flexibility index (Phi) is 2.73. The van der Waals surface area contributed by atoms with E-state index in [0.29, 0.717) is 17.5 Å². The van der Waals surface area contributed by atoms with Crippen LogP contribution in [0.5, 0.6) is 0 Å². The van der Waals surface area contributed by atoms with E-state index < -0.39 is 5.82 Å². The summed E-state index contributed by atoms with van der Waals surface area (Å²) in [6.45, 7) is 0. The van der Waals surface area contributed by atoms with Gasteiger partial charge in [0.2, 0.25) is 5.91 Å². The number of hydrogen-bond acceptors (Lipinski definition) is 2. The monoisotopic (exact) mass is 248 g/mol. The summed E-state index contributed by atoms with van der Waals surface area (Å²) in [6.07, 6.45) is 4.53. The number of fused-ring (bicyclic) bond motifs is 2. The average Bonchev–Trinajstić information content (AvgIpc) is 2.94. The molecular formula is C14H17FN2O. The summed E-state index contributed by atoms with van der Waals surface area (Å²) in [5, 5.41) is 2.69. The van der Waals surface area contributed by atoms with Gasteiger partial charge in [-0.15, -0.1) is 0 Å². The molecule has 3 rings (SSSR count). The molecule has 0 heterocycles. The summed E-state index contributed by atoms with van der Waals surface area (Å²) in [6, 6.07) is 4.35. The van der Waals surface area contributed by atoms with Crippen molar-refractivity contribution in [1.29, 1.82) is 0 Å². The van der Waals surface area contributed by atoms with Gasteiger partial charge in [0.05, 0.1) is 5.69 Å². The fraction of sp³-hybridized carbons (Fsp3) is 0.500. The second kappa shape index (κ2) is 4.26. The molecule has 2 fully saturated rings. The number of amides is 1. The van der Waals surface area contributed by atoms with Crippen LogP contribution in [-0.4, -0.2) is 5.91 Å². The second-order valence-electron chi connectivity index (χ2n) is 5.51. The normalized spacial score (nSPS) is 29.5. The zero-order valence-corrected chi connectivity index (χ0v) is 10.2. The van der Waals surface area contributed by atoms with Gasteiger partial charge in [0.1, 0.15) is 5.82 Å². The summed E-state index contributed by atoms with van der Waals surface area (Å²) in [7, 11) is 0. The second-order valence-corrected chi connectivity index (χ2v) is 5.51. The highest BCUT2D eigenvalue weighted by Gasteiger charge is 2.43. The molecule has 3 N–H and O–H groups in total. The minimum Gasteiger partial charge on any atom is -0.399 e. The predicted octanol–water partition coefficient (Wildman–Crippen LogP) is 2.78. The van der Waals surface area contributed by atoms with Crippen molar-refractivity contribution in [1.82, 2.24) is 0 Å². The molecule has 3 nitrogen and oxygen atoms in total. The molecule has 3 unspecified atom stereocenters. The van der Waals surface area contributed by atoms with Crippen LogP contribution in [0.4, 0.5) is 15.8 Å². The van der Waals surface area contributed by atoms with Crippen LogP contribution >= 0.6 is 0 Å². The molecule has 2 saturated carbocycles. The average molecular weight is 248 g/mol. The summed E-state index contributed by atoms with van der Waals surface area (Å²) < 4.78 is 13.6. The van der Waals surface area contributed by atoms with Crippen molar-refractivity contribution in [2.45, 2.75) is 25.7 Å². The maximum Gasteiger partial charge on any atom is 0.227 e. The van der Waals surface area contributed by atoms with Crippen LogP contribution in [0.25, 0.3) is 0 Å². The summed E-state index contributed by atoms with van der Waals surface area (Å²) in [5.74, 6) is 0.784. The number of anilines is 2. The van der Waals surface area contributed by atoms with Crippen molar-refractivity contribution >= 4 is 17.3 Å². The Labute approximate surface area is 106 Å². The number of nitrogen functional groups attached to an aromatic ring is 1. The van der Waals surface area contributed by atoms with E-state index in [9.17, 15) is 9.18 Å². The lowest BCUT2D eigenvalue weighted by atomic mass is 9.88. The zero-order valence-electron chi connectivity index (χ0n) is 10.2. The molecule has 0 aliphatic heterocycles. The molecule has 1 aromatic carbocycles. The van der Waals surface area contributed by atoms with E-state index in [-0.39, 0.29) is 17.5 Å². The number of halogens is 1. The first-order valence-corrected chi connectivity index (χ1v) is 6.49. The summed E-state index contributed by atoms with van der Waals surface area (Å²) in [5.41, 5.74) is 6.08. The van der Waals surface area contributed by atoms with Gasteiger partial charge in [0, 0.05) is 11.6 Å². The Hall–Kier alpha value is -1.58. The van der Waals surface area contributed by atoms with E-state index in [1.54, 1.807) is 6.07 Å². The van der Waals surface area contributed by atoms with Crippen LogP contribution in [-0.2, 0) is 4.79 Å². The molecule has 96 valence electrons. The molecule has 0 radical (unpaired) electrons. The first-order valence-electron chi connectivity index (χ1n) is 6.49. The molecule has 2 bridgehead atoms. The maximum absolute atomic E-state index is 13.6. The van der Waals surface area contributed by atoms with Gasteiger partial charge in [0.15, 0.2) is 0 Å². The van der Waals surface area contributed by atoms with Crippen LogP contribution in [0.1, 0.15) is 25.7 Å². The fourth-order valence-corrected chi connectivity index (χ4v) is 3.42. The van der Waals surface area contributed by atoms with Gasteiger partial charge in [-0.05, 0) is 49.3 Å². The number of rotatable bonds is 2. The quantitative estimate of drug-likeness (QED) is 0.791. The van der Waals surface area contributed by atoms with Gasteiger partial charge in [-0.3, -0.25) is 4.79 Å². The molecule has 4 heteroatoms. The molecule has 2 aliphatic carbocycles. The highest BCUT2D eigenvalue weighted by molar-refractivity contribution is 5.93. The van der Waals surface area contributed by atoms with Crippen molar-refractivity contribution < 1.29 is 9.18 Å². The largest absolute Gasteiger partial charge is 0.399 e. The Morgan fingerprint density at radius 1 is 1.33 bits per heavy atom. The minimum absolute atomic E-state index is 0.0362. The number of nitrogens with two attached hydrogens (primary N) is 1. The van der Waals surface area contributed by atoms with Gasteiger partial charge in [-0.25, -0.2) is 4.39 Å². The lowest BCUT2D eigenvalue weighted by molar-refractivity contribution is -0.121. The van der Waals surface area contributed by atoms with E-state index in [1.807, 2.05) is 0 Å². The van der Waals surface area contributed by atoms with Gasteiger partial charge in [-0.1, -0.05) is 6.42 Å². The number of carbonyl (C=O) groups is 1. The minimum atomic E-state index is -0.466. The summed E-state index contributed by atoms with van der Waals surface area (Å²) >= 11 is 0. The standard InChI is InChI=1S/C14H17FN2O/c15-12-7-10(16)3-4-13(12)17-14(18)11-6-8-1-2-9(11)5-8/h3-4,7-9,11H,1-2,5-6,16H2,(H,17,18). The molecule has 0 saturated heterocycles. The molecule has 1 amide bonds. The molecule has 0 spiro atoms. The number of nitrogens with one attached hydrogen (secondary N) is 1. The molecule has 0 aromatic heterocycles. The van der Waals surface area contributed by atoms with E-state index in [4.69, 9.17) is 5.73 Å². The van der Waals surface area contributed by atoms with Crippen molar-refractivity contribution in [2.75, 3.05) is 11.1 Å². The van der Waals surface area contributed by atoms with Crippen LogP contribution < -0.4 is 11.1 Å². The summed E-state index contributed by atoms with van der Waals surface area (Å²) in [4.78, 5) is 12.1. The highest BCUT2D eigenvalue weighted by atomic mass is 19.1. The highest BCUT2D eigenvalue weighted by Crippen LogP contribution is 2.48. The molecule has 1 aromatic rings. The van der Waals surface area contributed by atoms with Gasteiger partial charge < -0.3 is 11.1 Å². The third-order valence-corrected chi connectivity index (χ3v) is 4.33. The van der Waals surface area contributed by atoms with Crippen molar-refractivity contribution in [3.8, 4) is 0 Å². The van der Waals surface area contributed by atoms with Gasteiger partial charge in [0.25, 0.3) is 0 Å². The van der Waals surface area contributed by atoms with E-state index in [1.165, 1.54) is 25.0 Å². The van der Waals surface area contributed by atoms with Crippen LogP contribution in [0.3, 0.4) is 0 Å². The van der Waals surface area contributed by atoms with E-state index in [0.717, 1.165) is 12.8 Å². The Balaban J connectivity index is 1.71. The number of carbonyl (C=O) groups excluding carboxylic acids is 1. The topological polar surface area (TPSA) is 55.1 Å². The van der Waals surface area contributed by atoms with Crippen LogP contribution in [0.2, 0.25) is 0 Å². The molecule has 2 aliphatic rings. The molecule has 3 atom stereocenters. The van der Waals surface area contributed by atoms with E-state index >= 15 is 0 Å². The third kappa shape index (κ3) is 1.96. The van der Waals surface area contributed by atoms with Crippen LogP contribution in [0, 0.1) is 23.6 Å². The fourth-order valence-electron chi connectivity index (χ4n) is 3.42. The lowest BCUT2D eigenvalue weighted by Crippen LogP contribution is -2.27. The lowest BCUT2D eigenvalue weighted by Gasteiger charge is -2.20. The Morgan fingerprint density at radius 2 is 2.17 bits per heavy atom. The smallest absolute Gasteiger partial charge is 0.227 e. The van der Waals surface area contributed by atoms with Crippen molar-refractivity contribution in [3.05, 3.63) is 24.0 Å². The van der Waals surface area contributed by atoms with Gasteiger partial charge >= 0.3 is 0 Å². The van der Waals surface area contributed by atoms with E-state index in [2.05, 4.69) is 5.32 Å². The van der Waals surface area contributed by atoms with Gasteiger partial charge in [-0.2, -0.15) is 0 Å². The first kappa shape index (κ1) is 11.5. The van der Waals surface area contributed by atoms with Crippen LogP contribution in [0.15, 0.2) is 18.2 Å². The maximum atomic E-state index is 13.6. The predicted molar refractivity (Wildman–Crippen MR) is 68.4 cm³/mol. The zero-order chi connectivity index (χ0) is 12.7. The first-order chi connectivity index (χ1) is 8.63. The Morgan fingerprint density at radius 3 is 2.78 bits per heavy atom. The Bertz CT molecular complexity index is 489. The SMILES string of the molecule is Nc1ccc(NC(=O)C2CC3CCC2C3)c(F)c1. The molecule has 18 heavy (non-hydrogen) atoms. The molecular weight excluding hydrogens is 231 g/mol. The number of hydrogen-bond donors (Lipinski definition) is 2. The number of benzene rings is 1. The third-order valence-electron chi connectivity index (χ3n) is 4.33. The van der Waals surface area contributed by atoms with Crippen molar-refractivity contribution in [2.24, 2.45) is 17.8 Å².